The molecule has 3 aromatic carbocycles. The predicted octanol–water partition coefficient (Wildman–Crippen LogP) is 5.72. The molecule has 0 aliphatic carbocycles. The third-order valence-electron chi connectivity index (χ3n) is 5.36. The SMILES string of the molecule is CCc1cccc2c(C(=O)C(Nc3ccc(NC(C)=O)cc3)c3ccccc3)c[nH]c12. The van der Waals surface area contributed by atoms with Gasteiger partial charge in [-0.15, -0.1) is 0 Å². The Labute approximate surface area is 181 Å². The van der Waals surface area contributed by atoms with Crippen LogP contribution in [0.5, 0.6) is 0 Å². The summed E-state index contributed by atoms with van der Waals surface area (Å²) in [5.41, 5.74) is 5.27. The number of hydrogen-bond donors (Lipinski definition) is 3. The number of H-pyrrole nitrogens is 1. The number of ketones is 1. The molecule has 0 saturated heterocycles. The average Bonchev–Trinajstić information content (AvgIpc) is 3.23. The summed E-state index contributed by atoms with van der Waals surface area (Å²) in [5, 5.41) is 7.07. The van der Waals surface area contributed by atoms with Crippen molar-refractivity contribution in [3.8, 4) is 0 Å². The van der Waals surface area contributed by atoms with E-state index in [9.17, 15) is 9.59 Å². The smallest absolute Gasteiger partial charge is 0.221 e. The Kier molecular flexibility index (Phi) is 5.85. The molecule has 0 radical (unpaired) electrons. The quantitative estimate of drug-likeness (QED) is 0.340. The number of rotatable bonds is 7. The highest BCUT2D eigenvalue weighted by Crippen LogP contribution is 2.29. The van der Waals surface area contributed by atoms with E-state index in [1.165, 1.54) is 12.5 Å². The van der Waals surface area contributed by atoms with E-state index in [2.05, 4.69) is 28.6 Å². The van der Waals surface area contributed by atoms with E-state index >= 15 is 0 Å². The maximum atomic E-state index is 13.7. The molecule has 5 nitrogen and oxygen atoms in total. The van der Waals surface area contributed by atoms with Crippen LogP contribution in [0.2, 0.25) is 0 Å². The van der Waals surface area contributed by atoms with Crippen LogP contribution in [0.1, 0.15) is 41.4 Å². The average molecular weight is 412 g/mol. The fraction of sp³-hybridized carbons (Fsp3) is 0.154. The molecule has 4 rings (SSSR count). The molecule has 5 heteroatoms. The second kappa shape index (κ2) is 8.88. The molecule has 4 aromatic rings. The Morgan fingerprint density at radius 3 is 2.29 bits per heavy atom. The number of fused-ring (bicyclic) bond motifs is 1. The van der Waals surface area contributed by atoms with Crippen LogP contribution in [0.25, 0.3) is 10.9 Å². The fourth-order valence-electron chi connectivity index (χ4n) is 3.84. The van der Waals surface area contributed by atoms with Gasteiger partial charge < -0.3 is 15.6 Å². The summed E-state index contributed by atoms with van der Waals surface area (Å²) < 4.78 is 0. The van der Waals surface area contributed by atoms with Gasteiger partial charge in [0.1, 0.15) is 6.04 Å². The largest absolute Gasteiger partial charge is 0.371 e. The first-order chi connectivity index (χ1) is 15.1. The van der Waals surface area contributed by atoms with Gasteiger partial charge in [-0.2, -0.15) is 0 Å². The molecule has 1 amide bonds. The van der Waals surface area contributed by atoms with Crippen molar-refractivity contribution in [2.75, 3.05) is 10.6 Å². The Morgan fingerprint density at radius 1 is 0.903 bits per heavy atom. The van der Waals surface area contributed by atoms with Crippen LogP contribution in [0, 0.1) is 0 Å². The summed E-state index contributed by atoms with van der Waals surface area (Å²) >= 11 is 0. The first kappa shape index (κ1) is 20.4. The number of para-hydroxylation sites is 1. The van der Waals surface area contributed by atoms with Crippen LogP contribution >= 0.6 is 0 Å². The monoisotopic (exact) mass is 411 g/mol. The Balaban J connectivity index is 1.69. The lowest BCUT2D eigenvalue weighted by Crippen LogP contribution is -2.21. The van der Waals surface area contributed by atoms with Gasteiger partial charge in [0, 0.05) is 41.0 Å². The summed E-state index contributed by atoms with van der Waals surface area (Å²) in [7, 11) is 0. The molecule has 0 spiro atoms. The number of anilines is 2. The standard InChI is InChI=1S/C26H25N3O2/c1-3-18-10-7-11-22-23(16-27-24(18)22)26(31)25(19-8-5-4-6-9-19)29-21-14-12-20(13-15-21)28-17(2)30/h4-16,25,27,29H,3H2,1-2H3,(H,28,30). The van der Waals surface area contributed by atoms with E-state index in [0.717, 1.165) is 28.6 Å². The second-order valence-electron chi connectivity index (χ2n) is 7.51. The van der Waals surface area contributed by atoms with Crippen molar-refractivity contribution in [2.24, 2.45) is 0 Å². The number of aryl methyl sites for hydroxylation is 1. The van der Waals surface area contributed by atoms with Crippen LogP contribution in [0.4, 0.5) is 11.4 Å². The van der Waals surface area contributed by atoms with Gasteiger partial charge in [0.2, 0.25) is 5.91 Å². The number of carbonyl (C=O) groups excluding carboxylic acids is 2. The van der Waals surface area contributed by atoms with E-state index in [-0.39, 0.29) is 11.7 Å². The highest BCUT2D eigenvalue weighted by Gasteiger charge is 2.24. The van der Waals surface area contributed by atoms with Gasteiger partial charge in [-0.3, -0.25) is 9.59 Å². The van der Waals surface area contributed by atoms with Crippen molar-refractivity contribution in [3.63, 3.8) is 0 Å². The third kappa shape index (κ3) is 4.36. The van der Waals surface area contributed by atoms with Crippen LogP contribution in [0.15, 0.2) is 79.0 Å². The molecule has 156 valence electrons. The van der Waals surface area contributed by atoms with Crippen molar-refractivity contribution in [1.82, 2.24) is 4.98 Å². The molecule has 0 saturated carbocycles. The lowest BCUT2D eigenvalue weighted by molar-refractivity contribution is -0.114. The highest BCUT2D eigenvalue weighted by atomic mass is 16.1. The van der Waals surface area contributed by atoms with Crippen molar-refractivity contribution >= 4 is 34.0 Å². The Hall–Kier alpha value is -3.86. The summed E-state index contributed by atoms with van der Waals surface area (Å²) in [5.74, 6) is -0.125. The van der Waals surface area contributed by atoms with Gasteiger partial charge in [-0.25, -0.2) is 0 Å². The molecular weight excluding hydrogens is 386 g/mol. The minimum absolute atomic E-state index is 0.00311. The molecule has 1 heterocycles. The molecule has 0 aliphatic rings. The number of hydrogen-bond acceptors (Lipinski definition) is 3. The zero-order valence-corrected chi connectivity index (χ0v) is 17.6. The summed E-state index contributed by atoms with van der Waals surface area (Å²) in [6.07, 6.45) is 2.70. The third-order valence-corrected chi connectivity index (χ3v) is 5.36. The number of benzene rings is 3. The first-order valence-electron chi connectivity index (χ1n) is 10.4. The molecular formula is C26H25N3O2. The first-order valence-corrected chi connectivity index (χ1v) is 10.4. The van der Waals surface area contributed by atoms with E-state index in [1.807, 2.05) is 72.9 Å². The molecule has 0 fully saturated rings. The van der Waals surface area contributed by atoms with E-state index in [4.69, 9.17) is 0 Å². The molecule has 31 heavy (non-hydrogen) atoms. The number of aromatic nitrogens is 1. The molecule has 1 aromatic heterocycles. The number of carbonyl (C=O) groups is 2. The Morgan fingerprint density at radius 2 is 1.61 bits per heavy atom. The van der Waals surface area contributed by atoms with Crippen molar-refractivity contribution in [2.45, 2.75) is 26.3 Å². The fourth-order valence-corrected chi connectivity index (χ4v) is 3.84. The minimum Gasteiger partial charge on any atom is -0.371 e. The number of nitrogens with one attached hydrogen (secondary N) is 3. The molecule has 1 unspecified atom stereocenters. The normalized spacial score (nSPS) is 11.8. The second-order valence-corrected chi connectivity index (χ2v) is 7.51. The van der Waals surface area contributed by atoms with Crippen molar-refractivity contribution in [1.29, 1.82) is 0 Å². The van der Waals surface area contributed by atoms with Gasteiger partial charge in [-0.05, 0) is 41.8 Å². The van der Waals surface area contributed by atoms with Crippen LogP contribution < -0.4 is 10.6 Å². The summed E-state index contributed by atoms with van der Waals surface area (Å²) in [6.45, 7) is 3.58. The topological polar surface area (TPSA) is 74.0 Å². The zero-order chi connectivity index (χ0) is 21.8. The lowest BCUT2D eigenvalue weighted by Gasteiger charge is -2.19. The van der Waals surface area contributed by atoms with Crippen LogP contribution in [-0.2, 0) is 11.2 Å². The van der Waals surface area contributed by atoms with Crippen molar-refractivity contribution in [3.05, 3.63) is 95.7 Å². The van der Waals surface area contributed by atoms with Gasteiger partial charge in [0.15, 0.2) is 5.78 Å². The van der Waals surface area contributed by atoms with Gasteiger partial charge >= 0.3 is 0 Å². The van der Waals surface area contributed by atoms with Gasteiger partial charge in [0.05, 0.1) is 0 Å². The zero-order valence-electron chi connectivity index (χ0n) is 17.6. The van der Waals surface area contributed by atoms with Crippen molar-refractivity contribution < 1.29 is 9.59 Å². The maximum absolute atomic E-state index is 13.7. The molecule has 0 bridgehead atoms. The number of aromatic amines is 1. The maximum Gasteiger partial charge on any atom is 0.221 e. The van der Waals surface area contributed by atoms with E-state index in [1.54, 1.807) is 0 Å². The summed E-state index contributed by atoms with van der Waals surface area (Å²) in [6, 6.07) is 22.6. The lowest BCUT2D eigenvalue weighted by atomic mass is 9.96. The highest BCUT2D eigenvalue weighted by molar-refractivity contribution is 6.12. The van der Waals surface area contributed by atoms with Crippen LogP contribution in [0.3, 0.4) is 0 Å². The molecule has 3 N–H and O–H groups in total. The Bertz CT molecular complexity index is 1210. The van der Waals surface area contributed by atoms with Gasteiger partial charge in [-0.1, -0.05) is 55.5 Å². The molecule has 1 atom stereocenters. The predicted molar refractivity (Wildman–Crippen MR) is 126 cm³/mol. The van der Waals surface area contributed by atoms with E-state index in [0.29, 0.717) is 11.3 Å². The van der Waals surface area contributed by atoms with Crippen LogP contribution in [-0.4, -0.2) is 16.7 Å². The molecule has 0 aliphatic heterocycles. The minimum atomic E-state index is -0.544. The number of Topliss-reactive ketones (excluding diaryl/α,β-unsaturated/α-hetero) is 1. The number of amides is 1. The van der Waals surface area contributed by atoms with E-state index < -0.39 is 6.04 Å². The van der Waals surface area contributed by atoms with Gasteiger partial charge in [0.25, 0.3) is 0 Å². The summed E-state index contributed by atoms with van der Waals surface area (Å²) in [4.78, 5) is 28.3.